The smallest absolute Gasteiger partial charge is 0.147 e. The summed E-state index contributed by atoms with van der Waals surface area (Å²) in [5.41, 5.74) is 6.39. The van der Waals surface area contributed by atoms with Gasteiger partial charge in [-0.2, -0.15) is 0 Å². The van der Waals surface area contributed by atoms with Crippen molar-refractivity contribution in [3.63, 3.8) is 0 Å². The Labute approximate surface area is 110 Å². The van der Waals surface area contributed by atoms with Gasteiger partial charge in [-0.3, -0.25) is 4.98 Å². The Morgan fingerprint density at radius 2 is 2.11 bits per heavy atom. The van der Waals surface area contributed by atoms with Gasteiger partial charge < -0.3 is 10.6 Å². The van der Waals surface area contributed by atoms with Crippen molar-refractivity contribution in [3.8, 4) is 0 Å². The second-order valence-corrected chi connectivity index (χ2v) is 5.49. The average molecular weight is 248 g/mol. The monoisotopic (exact) mass is 248 g/mol. The first-order valence-corrected chi connectivity index (χ1v) is 6.96. The number of hydrogen-bond acceptors (Lipinski definition) is 4. The van der Waals surface area contributed by atoms with Crippen LogP contribution in [0.5, 0.6) is 0 Å². The molecule has 100 valence electrons. The summed E-state index contributed by atoms with van der Waals surface area (Å²) in [5.74, 6) is 2.64. The molecule has 1 fully saturated rings. The Kier molecular flexibility index (Phi) is 4.53. The van der Waals surface area contributed by atoms with Crippen LogP contribution >= 0.6 is 0 Å². The normalized spacial score (nSPS) is 21.1. The quantitative estimate of drug-likeness (QED) is 0.891. The van der Waals surface area contributed by atoms with E-state index < -0.39 is 0 Å². The summed E-state index contributed by atoms with van der Waals surface area (Å²) in [7, 11) is 0. The highest BCUT2D eigenvalue weighted by Crippen LogP contribution is 2.26. The minimum Gasteiger partial charge on any atom is -0.355 e. The van der Waals surface area contributed by atoms with E-state index in [0.717, 1.165) is 36.4 Å². The van der Waals surface area contributed by atoms with E-state index in [1.54, 1.807) is 6.20 Å². The third-order valence-corrected chi connectivity index (χ3v) is 3.94. The molecule has 1 unspecified atom stereocenters. The Morgan fingerprint density at radius 3 is 2.72 bits per heavy atom. The largest absolute Gasteiger partial charge is 0.355 e. The predicted molar refractivity (Wildman–Crippen MR) is 74.3 cm³/mol. The van der Waals surface area contributed by atoms with Gasteiger partial charge in [0.25, 0.3) is 0 Å². The van der Waals surface area contributed by atoms with Gasteiger partial charge in [0.15, 0.2) is 0 Å². The zero-order chi connectivity index (χ0) is 13.0. The van der Waals surface area contributed by atoms with E-state index in [0.29, 0.717) is 6.54 Å². The van der Waals surface area contributed by atoms with Crippen LogP contribution in [0.3, 0.4) is 0 Å². The lowest BCUT2D eigenvalue weighted by molar-refractivity contribution is 0.351. The van der Waals surface area contributed by atoms with Crippen LogP contribution in [0.15, 0.2) is 12.4 Å². The van der Waals surface area contributed by atoms with E-state index >= 15 is 0 Å². The topological polar surface area (TPSA) is 55.0 Å². The maximum Gasteiger partial charge on any atom is 0.147 e. The number of rotatable bonds is 3. The second-order valence-electron chi connectivity index (χ2n) is 5.49. The molecule has 18 heavy (non-hydrogen) atoms. The van der Waals surface area contributed by atoms with Crippen molar-refractivity contribution in [3.05, 3.63) is 18.1 Å². The van der Waals surface area contributed by atoms with E-state index in [1.165, 1.54) is 19.3 Å². The Bertz CT molecular complexity index is 361. The number of nitrogens with zero attached hydrogens (tertiary/aromatic N) is 3. The van der Waals surface area contributed by atoms with Crippen molar-refractivity contribution in [2.24, 2.45) is 17.6 Å². The van der Waals surface area contributed by atoms with E-state index in [1.807, 2.05) is 6.20 Å². The molecule has 1 aliphatic rings. The van der Waals surface area contributed by atoms with Gasteiger partial charge in [0.1, 0.15) is 5.82 Å². The van der Waals surface area contributed by atoms with Crippen molar-refractivity contribution >= 4 is 5.82 Å². The second kappa shape index (κ2) is 6.14. The molecule has 1 aromatic heterocycles. The van der Waals surface area contributed by atoms with Crippen LogP contribution in [0.25, 0.3) is 0 Å². The molecule has 0 aliphatic carbocycles. The minimum absolute atomic E-state index is 0.461. The van der Waals surface area contributed by atoms with Crippen molar-refractivity contribution in [1.29, 1.82) is 0 Å². The summed E-state index contributed by atoms with van der Waals surface area (Å²) in [6.07, 6.45) is 7.50. The molecule has 0 amide bonds. The van der Waals surface area contributed by atoms with Crippen molar-refractivity contribution < 1.29 is 0 Å². The van der Waals surface area contributed by atoms with Crippen molar-refractivity contribution in [1.82, 2.24) is 9.97 Å². The minimum atomic E-state index is 0.461. The maximum atomic E-state index is 5.54. The maximum absolute atomic E-state index is 5.54. The lowest BCUT2D eigenvalue weighted by atomic mass is 9.89. The highest BCUT2D eigenvalue weighted by Gasteiger charge is 2.20. The standard InChI is InChI=1S/C14H24N4/c1-11(2)12-4-3-6-18(7-5-12)14-10-16-13(8-15)9-17-14/h9-12H,3-8,15H2,1-2H3. The van der Waals surface area contributed by atoms with Crippen LogP contribution in [-0.2, 0) is 6.54 Å². The molecule has 0 bridgehead atoms. The fourth-order valence-electron chi connectivity index (χ4n) is 2.63. The molecule has 2 N–H and O–H groups in total. The molecule has 0 saturated carbocycles. The van der Waals surface area contributed by atoms with Crippen LogP contribution < -0.4 is 10.6 Å². The molecule has 1 atom stereocenters. The van der Waals surface area contributed by atoms with Gasteiger partial charge in [-0.05, 0) is 31.1 Å². The van der Waals surface area contributed by atoms with Crippen LogP contribution in [0.4, 0.5) is 5.82 Å². The van der Waals surface area contributed by atoms with Crippen LogP contribution in [0.2, 0.25) is 0 Å². The van der Waals surface area contributed by atoms with Gasteiger partial charge in [0, 0.05) is 19.6 Å². The summed E-state index contributed by atoms with van der Waals surface area (Å²) in [4.78, 5) is 11.2. The molecule has 2 heterocycles. The van der Waals surface area contributed by atoms with Crippen molar-refractivity contribution in [2.45, 2.75) is 39.7 Å². The number of nitrogens with two attached hydrogens (primary N) is 1. The van der Waals surface area contributed by atoms with E-state index in [4.69, 9.17) is 5.73 Å². The molecule has 2 rings (SSSR count). The molecular weight excluding hydrogens is 224 g/mol. The molecule has 1 aliphatic heterocycles. The molecule has 4 heteroatoms. The van der Waals surface area contributed by atoms with Crippen LogP contribution in [-0.4, -0.2) is 23.1 Å². The molecule has 0 aromatic carbocycles. The Hall–Kier alpha value is -1.16. The highest BCUT2D eigenvalue weighted by atomic mass is 15.2. The first-order valence-electron chi connectivity index (χ1n) is 6.96. The number of hydrogen-bond donors (Lipinski definition) is 1. The summed E-state index contributed by atoms with van der Waals surface area (Å²) in [6.45, 7) is 7.31. The average Bonchev–Trinajstić information content (AvgIpc) is 2.64. The molecular formula is C14H24N4. The third kappa shape index (κ3) is 3.19. The van der Waals surface area contributed by atoms with Crippen LogP contribution in [0.1, 0.15) is 38.8 Å². The van der Waals surface area contributed by atoms with Gasteiger partial charge in [-0.15, -0.1) is 0 Å². The van der Waals surface area contributed by atoms with Gasteiger partial charge >= 0.3 is 0 Å². The number of anilines is 1. The van der Waals surface area contributed by atoms with E-state index in [9.17, 15) is 0 Å². The first-order chi connectivity index (χ1) is 8.70. The van der Waals surface area contributed by atoms with Gasteiger partial charge in [-0.25, -0.2) is 4.98 Å². The fraction of sp³-hybridized carbons (Fsp3) is 0.714. The predicted octanol–water partition coefficient (Wildman–Crippen LogP) is 2.20. The molecule has 0 spiro atoms. The zero-order valence-electron chi connectivity index (χ0n) is 11.5. The summed E-state index contributed by atoms with van der Waals surface area (Å²) in [5, 5.41) is 0. The number of aromatic nitrogens is 2. The van der Waals surface area contributed by atoms with E-state index in [-0.39, 0.29) is 0 Å². The highest BCUT2D eigenvalue weighted by molar-refractivity contribution is 5.35. The third-order valence-electron chi connectivity index (χ3n) is 3.94. The zero-order valence-corrected chi connectivity index (χ0v) is 11.5. The Morgan fingerprint density at radius 1 is 1.28 bits per heavy atom. The lowest BCUT2D eigenvalue weighted by Crippen LogP contribution is -2.25. The fourth-order valence-corrected chi connectivity index (χ4v) is 2.63. The summed E-state index contributed by atoms with van der Waals surface area (Å²) >= 11 is 0. The molecule has 4 nitrogen and oxygen atoms in total. The lowest BCUT2D eigenvalue weighted by Gasteiger charge is -2.22. The van der Waals surface area contributed by atoms with Crippen molar-refractivity contribution in [2.75, 3.05) is 18.0 Å². The molecule has 1 saturated heterocycles. The Balaban J connectivity index is 2.00. The first kappa shape index (κ1) is 13.3. The molecule has 1 aromatic rings. The van der Waals surface area contributed by atoms with Crippen LogP contribution in [0, 0.1) is 11.8 Å². The van der Waals surface area contributed by atoms with Gasteiger partial charge in [0.05, 0.1) is 18.1 Å². The van der Waals surface area contributed by atoms with E-state index in [2.05, 4.69) is 28.7 Å². The van der Waals surface area contributed by atoms with Gasteiger partial charge in [0.2, 0.25) is 0 Å². The molecule has 0 radical (unpaired) electrons. The van der Waals surface area contributed by atoms with Gasteiger partial charge in [-0.1, -0.05) is 13.8 Å². The summed E-state index contributed by atoms with van der Waals surface area (Å²) in [6, 6.07) is 0. The SMILES string of the molecule is CC(C)C1CCCN(c2cnc(CN)cn2)CC1. The summed E-state index contributed by atoms with van der Waals surface area (Å²) < 4.78 is 0.